The normalized spacial score (nSPS) is 26.7. The van der Waals surface area contributed by atoms with Crippen LogP contribution in [0.25, 0.3) is 0 Å². The number of halogens is 1. The van der Waals surface area contributed by atoms with Crippen LogP contribution in [0.1, 0.15) is 37.7 Å². The average Bonchev–Trinajstić information content (AvgIpc) is 3.21. The molecule has 0 aliphatic carbocycles. The third-order valence-electron chi connectivity index (χ3n) is 6.23. The molecule has 3 saturated heterocycles. The van der Waals surface area contributed by atoms with E-state index in [1.807, 2.05) is 11.0 Å². The van der Waals surface area contributed by atoms with Gasteiger partial charge in [-0.05, 0) is 49.3 Å². The number of rotatable bonds is 4. The Labute approximate surface area is 148 Å². The van der Waals surface area contributed by atoms with Crippen LogP contribution in [0, 0.1) is 11.7 Å². The summed E-state index contributed by atoms with van der Waals surface area (Å²) >= 11 is 0. The number of ether oxygens (including phenoxy) is 1. The van der Waals surface area contributed by atoms with Crippen molar-refractivity contribution in [1.29, 1.82) is 0 Å². The molecule has 1 spiro atoms. The summed E-state index contributed by atoms with van der Waals surface area (Å²) in [4.78, 5) is 17.1. The van der Waals surface area contributed by atoms with Crippen molar-refractivity contribution >= 4 is 5.91 Å². The van der Waals surface area contributed by atoms with Gasteiger partial charge in [-0.2, -0.15) is 0 Å². The minimum Gasteiger partial charge on any atom is -0.381 e. The van der Waals surface area contributed by atoms with E-state index in [0.717, 1.165) is 57.7 Å². The first kappa shape index (κ1) is 17.0. The van der Waals surface area contributed by atoms with Gasteiger partial charge in [-0.25, -0.2) is 4.39 Å². The van der Waals surface area contributed by atoms with Gasteiger partial charge in [0.15, 0.2) is 0 Å². The highest BCUT2D eigenvalue weighted by atomic mass is 19.1. The van der Waals surface area contributed by atoms with Gasteiger partial charge in [-0.15, -0.1) is 0 Å². The maximum atomic E-state index is 13.5. The second-order valence-electron chi connectivity index (χ2n) is 7.86. The molecule has 0 aromatic heterocycles. The van der Waals surface area contributed by atoms with Gasteiger partial charge in [-0.1, -0.05) is 12.1 Å². The molecule has 136 valence electrons. The van der Waals surface area contributed by atoms with E-state index in [0.29, 0.717) is 18.9 Å². The van der Waals surface area contributed by atoms with E-state index in [-0.39, 0.29) is 17.3 Å². The number of carbonyl (C=O) groups is 1. The number of hydrogen-bond acceptors (Lipinski definition) is 3. The second kappa shape index (κ2) is 7.04. The van der Waals surface area contributed by atoms with Crippen LogP contribution in [0.15, 0.2) is 24.3 Å². The Morgan fingerprint density at radius 3 is 2.80 bits per heavy atom. The molecule has 1 amide bonds. The van der Waals surface area contributed by atoms with Crippen LogP contribution in [-0.2, 0) is 16.1 Å². The summed E-state index contributed by atoms with van der Waals surface area (Å²) in [5, 5.41) is 0. The van der Waals surface area contributed by atoms with E-state index in [4.69, 9.17) is 4.74 Å². The van der Waals surface area contributed by atoms with Crippen molar-refractivity contribution in [2.75, 3.05) is 32.8 Å². The third kappa shape index (κ3) is 3.58. The van der Waals surface area contributed by atoms with Crippen molar-refractivity contribution in [1.82, 2.24) is 9.80 Å². The van der Waals surface area contributed by atoms with Gasteiger partial charge in [0.25, 0.3) is 0 Å². The molecule has 3 heterocycles. The predicted octanol–water partition coefficient (Wildman–Crippen LogP) is 2.82. The fourth-order valence-electron chi connectivity index (χ4n) is 4.71. The van der Waals surface area contributed by atoms with Crippen LogP contribution in [0.5, 0.6) is 0 Å². The summed E-state index contributed by atoms with van der Waals surface area (Å²) in [6, 6.07) is 6.65. The minimum atomic E-state index is -0.230. The van der Waals surface area contributed by atoms with Crippen LogP contribution < -0.4 is 0 Å². The summed E-state index contributed by atoms with van der Waals surface area (Å²) in [6.45, 7) is 5.54. The molecular weight excluding hydrogens is 319 g/mol. The van der Waals surface area contributed by atoms with Gasteiger partial charge in [0.05, 0.1) is 6.61 Å². The first-order valence-corrected chi connectivity index (χ1v) is 9.50. The summed E-state index contributed by atoms with van der Waals surface area (Å²) in [6.07, 6.45) is 4.81. The number of benzene rings is 1. The third-order valence-corrected chi connectivity index (χ3v) is 6.23. The molecule has 0 unspecified atom stereocenters. The molecular formula is C20H27FN2O2. The Morgan fingerprint density at radius 2 is 2.08 bits per heavy atom. The molecule has 4 nitrogen and oxygen atoms in total. The van der Waals surface area contributed by atoms with E-state index in [1.165, 1.54) is 12.5 Å². The lowest BCUT2D eigenvalue weighted by atomic mass is 9.84. The molecule has 3 aliphatic rings. The van der Waals surface area contributed by atoms with Crippen molar-refractivity contribution in [3.8, 4) is 0 Å². The molecule has 4 rings (SSSR count). The van der Waals surface area contributed by atoms with Crippen molar-refractivity contribution in [2.24, 2.45) is 5.92 Å². The zero-order chi connectivity index (χ0) is 17.3. The molecule has 1 aromatic carbocycles. The maximum Gasteiger partial charge on any atom is 0.223 e. The molecule has 25 heavy (non-hydrogen) atoms. The van der Waals surface area contributed by atoms with Crippen molar-refractivity contribution < 1.29 is 13.9 Å². The van der Waals surface area contributed by atoms with E-state index in [1.54, 1.807) is 12.1 Å². The van der Waals surface area contributed by atoms with Crippen molar-refractivity contribution in [2.45, 2.75) is 44.2 Å². The summed E-state index contributed by atoms with van der Waals surface area (Å²) < 4.78 is 19.0. The van der Waals surface area contributed by atoms with Gasteiger partial charge in [-0.3, -0.25) is 4.79 Å². The quantitative estimate of drug-likeness (QED) is 0.840. The fraction of sp³-hybridized carbons (Fsp3) is 0.650. The van der Waals surface area contributed by atoms with Gasteiger partial charge in [0.1, 0.15) is 5.82 Å². The van der Waals surface area contributed by atoms with Gasteiger partial charge in [0.2, 0.25) is 5.91 Å². The van der Waals surface area contributed by atoms with Crippen LogP contribution in [0.2, 0.25) is 0 Å². The van der Waals surface area contributed by atoms with Crippen LogP contribution in [0.4, 0.5) is 4.39 Å². The monoisotopic (exact) mass is 346 g/mol. The summed E-state index contributed by atoms with van der Waals surface area (Å²) in [7, 11) is 0. The van der Waals surface area contributed by atoms with Crippen molar-refractivity contribution in [3.63, 3.8) is 0 Å². The maximum absolute atomic E-state index is 13.5. The van der Waals surface area contributed by atoms with E-state index in [9.17, 15) is 9.18 Å². The first-order valence-electron chi connectivity index (χ1n) is 9.50. The number of nitrogens with zero attached hydrogens (tertiary/aromatic N) is 2. The predicted molar refractivity (Wildman–Crippen MR) is 93.5 cm³/mol. The van der Waals surface area contributed by atoms with Crippen LogP contribution in [-0.4, -0.2) is 54.1 Å². The highest BCUT2D eigenvalue weighted by Crippen LogP contribution is 2.40. The van der Waals surface area contributed by atoms with E-state index < -0.39 is 0 Å². The SMILES string of the molecule is O=C1CCC2(CCN(C[C@H]3CCOC3)CC2)N1Cc1cccc(F)c1. The molecule has 1 aromatic rings. The average molecular weight is 346 g/mol. The number of likely N-dealkylation sites (tertiary alicyclic amines) is 2. The molecule has 5 heteroatoms. The van der Waals surface area contributed by atoms with Crippen LogP contribution >= 0.6 is 0 Å². The first-order chi connectivity index (χ1) is 12.1. The van der Waals surface area contributed by atoms with E-state index >= 15 is 0 Å². The van der Waals surface area contributed by atoms with Gasteiger partial charge in [0, 0.05) is 44.7 Å². The summed E-state index contributed by atoms with van der Waals surface area (Å²) in [5.41, 5.74) is 0.867. The molecule has 0 N–H and O–H groups in total. The van der Waals surface area contributed by atoms with Gasteiger partial charge >= 0.3 is 0 Å². The molecule has 3 fully saturated rings. The molecule has 3 aliphatic heterocycles. The zero-order valence-electron chi connectivity index (χ0n) is 14.8. The summed E-state index contributed by atoms with van der Waals surface area (Å²) in [5.74, 6) is 0.663. The molecule has 0 radical (unpaired) electrons. The van der Waals surface area contributed by atoms with Gasteiger partial charge < -0.3 is 14.5 Å². The minimum absolute atomic E-state index is 0.0217. The highest BCUT2D eigenvalue weighted by molar-refractivity contribution is 5.79. The zero-order valence-corrected chi connectivity index (χ0v) is 14.8. The number of piperidine rings is 1. The molecule has 0 bridgehead atoms. The van der Waals surface area contributed by atoms with Crippen molar-refractivity contribution in [3.05, 3.63) is 35.6 Å². The Morgan fingerprint density at radius 1 is 1.24 bits per heavy atom. The van der Waals surface area contributed by atoms with E-state index in [2.05, 4.69) is 4.90 Å². The van der Waals surface area contributed by atoms with Crippen LogP contribution in [0.3, 0.4) is 0 Å². The Hall–Kier alpha value is -1.46. The largest absolute Gasteiger partial charge is 0.381 e. The lowest BCUT2D eigenvalue weighted by Gasteiger charge is -2.45. The topological polar surface area (TPSA) is 32.8 Å². The second-order valence-corrected chi connectivity index (χ2v) is 7.86. The number of carbonyl (C=O) groups excluding carboxylic acids is 1. The molecule has 1 atom stereocenters. The Balaban J connectivity index is 1.41. The highest BCUT2D eigenvalue weighted by Gasteiger charge is 2.46. The Kier molecular flexibility index (Phi) is 4.78. The number of amides is 1. The fourth-order valence-corrected chi connectivity index (χ4v) is 4.71. The lowest BCUT2D eigenvalue weighted by molar-refractivity contribution is -0.133. The Bertz CT molecular complexity index is 622. The lowest BCUT2D eigenvalue weighted by Crippen LogP contribution is -2.53. The number of hydrogen-bond donors (Lipinski definition) is 0. The molecule has 0 saturated carbocycles. The standard InChI is InChI=1S/C20H27FN2O2/c21-18-3-1-2-16(12-18)14-23-19(24)4-6-20(23)7-9-22(10-8-20)13-17-5-11-25-15-17/h1-3,12,17H,4-11,13-15H2/t17-/m1/s1. The smallest absolute Gasteiger partial charge is 0.223 e.